The quantitative estimate of drug-likeness (QED) is 0.430. The van der Waals surface area contributed by atoms with Gasteiger partial charge in [0.25, 0.3) is 0 Å². The van der Waals surface area contributed by atoms with Gasteiger partial charge in [-0.3, -0.25) is 4.79 Å². The Labute approximate surface area is 222 Å². The van der Waals surface area contributed by atoms with Gasteiger partial charge in [0.2, 0.25) is 15.9 Å². The van der Waals surface area contributed by atoms with Gasteiger partial charge in [0.05, 0.1) is 38.0 Å². The molecule has 1 atom stereocenters. The van der Waals surface area contributed by atoms with Crippen molar-refractivity contribution in [2.24, 2.45) is 5.92 Å². The van der Waals surface area contributed by atoms with Crippen LogP contribution >= 0.6 is 23.2 Å². The molecule has 8 nitrogen and oxygen atoms in total. The van der Waals surface area contributed by atoms with E-state index in [1.807, 2.05) is 18.2 Å². The van der Waals surface area contributed by atoms with Gasteiger partial charge in [-0.25, -0.2) is 13.4 Å². The van der Waals surface area contributed by atoms with Crippen LogP contribution in [0, 0.1) is 5.92 Å². The number of H-pyrrole nitrogens is 1. The van der Waals surface area contributed by atoms with Crippen LogP contribution in [-0.2, 0) is 21.2 Å². The van der Waals surface area contributed by atoms with Gasteiger partial charge in [0.15, 0.2) is 0 Å². The zero-order chi connectivity index (χ0) is 26.0. The summed E-state index contributed by atoms with van der Waals surface area (Å²) < 4.78 is 29.5. The monoisotopic (exact) mass is 551 g/mol. The van der Waals surface area contributed by atoms with E-state index in [9.17, 15) is 13.2 Å². The molecule has 2 aromatic carbocycles. The first-order chi connectivity index (χ1) is 17.1. The third-order valence-corrected chi connectivity index (χ3v) is 8.80. The Hall–Kier alpha value is -2.33. The number of fused-ring (bicyclic) bond motifs is 1. The Balaban J connectivity index is 1.64. The molecule has 0 saturated carbocycles. The van der Waals surface area contributed by atoms with Crippen LogP contribution in [0.3, 0.4) is 0 Å². The van der Waals surface area contributed by atoms with Gasteiger partial charge in [-0.1, -0.05) is 42.6 Å². The van der Waals surface area contributed by atoms with E-state index in [0.29, 0.717) is 24.7 Å². The summed E-state index contributed by atoms with van der Waals surface area (Å²) in [6.45, 7) is 3.39. The van der Waals surface area contributed by atoms with E-state index in [2.05, 4.69) is 21.6 Å². The van der Waals surface area contributed by atoms with Crippen molar-refractivity contribution >= 4 is 55.9 Å². The van der Waals surface area contributed by atoms with Crippen molar-refractivity contribution in [3.8, 4) is 0 Å². The minimum atomic E-state index is -4.10. The zero-order valence-electron chi connectivity index (χ0n) is 20.6. The van der Waals surface area contributed by atoms with E-state index in [1.54, 1.807) is 30.2 Å². The Morgan fingerprint density at radius 1 is 1.19 bits per heavy atom. The summed E-state index contributed by atoms with van der Waals surface area (Å²) in [6.07, 6.45) is 4.70. The molecule has 194 valence electrons. The highest BCUT2D eigenvalue weighted by atomic mass is 35.5. The molecular formula is C25H31Cl2N5O3S. The fraction of sp³-hybridized carbons (Fsp3) is 0.440. The number of benzene rings is 2. The molecule has 1 aliphatic rings. The van der Waals surface area contributed by atoms with Crippen molar-refractivity contribution < 1.29 is 13.2 Å². The van der Waals surface area contributed by atoms with Crippen LogP contribution in [0.15, 0.2) is 41.6 Å². The van der Waals surface area contributed by atoms with Crippen LogP contribution in [0.4, 0.5) is 5.69 Å². The van der Waals surface area contributed by atoms with E-state index in [0.717, 1.165) is 35.9 Å². The number of halogens is 2. The van der Waals surface area contributed by atoms with Crippen LogP contribution in [-0.4, -0.2) is 62.4 Å². The fourth-order valence-electron chi connectivity index (χ4n) is 4.69. The molecule has 1 aliphatic heterocycles. The Morgan fingerprint density at radius 2 is 1.86 bits per heavy atom. The van der Waals surface area contributed by atoms with E-state index in [-0.39, 0.29) is 27.3 Å². The molecule has 0 radical (unpaired) electrons. The number of carbonyl (C=O) groups is 1. The van der Waals surface area contributed by atoms with Gasteiger partial charge >= 0.3 is 0 Å². The number of nitrogens with zero attached hydrogens (tertiary/aromatic N) is 3. The molecule has 4 rings (SSSR count). The number of anilines is 1. The van der Waals surface area contributed by atoms with Crippen LogP contribution in [0.1, 0.15) is 31.7 Å². The molecule has 36 heavy (non-hydrogen) atoms. The second-order valence-electron chi connectivity index (χ2n) is 9.44. The molecule has 2 heterocycles. The second-order valence-corrected chi connectivity index (χ2v) is 12.0. The number of sulfonamides is 1. The number of amides is 1. The minimum Gasteiger partial charge on any atom is -0.375 e. The van der Waals surface area contributed by atoms with Crippen molar-refractivity contribution in [1.29, 1.82) is 0 Å². The molecule has 1 aromatic heterocycles. The van der Waals surface area contributed by atoms with Crippen molar-refractivity contribution in [3.63, 3.8) is 0 Å². The average Bonchev–Trinajstić information content (AvgIpc) is 3.30. The largest absolute Gasteiger partial charge is 0.375 e. The van der Waals surface area contributed by atoms with Gasteiger partial charge in [-0.05, 0) is 55.0 Å². The maximum Gasteiger partial charge on any atom is 0.241 e. The third-order valence-electron chi connectivity index (χ3n) is 6.77. The summed E-state index contributed by atoms with van der Waals surface area (Å²) >= 11 is 12.7. The fourth-order valence-corrected chi connectivity index (χ4v) is 6.88. The summed E-state index contributed by atoms with van der Waals surface area (Å²) in [5.74, 6) is 0.353. The lowest BCUT2D eigenvalue weighted by molar-refractivity contribution is -0.134. The standard InChI is InChI=1S/C25H31Cl2N5O3S/c1-4-16-7-9-32(10-8-16)25(33)23(12-17-5-6-21-22(11-17)29-15-28-21)30-36(34,35)18-13-19(26)24(31(2)3)20(27)14-18/h5-6,11,13-16,23,30H,4,7-10,12H2,1-3H3,(H,28,29). The highest BCUT2D eigenvalue weighted by Crippen LogP contribution is 2.35. The predicted octanol–water partition coefficient (Wildman–Crippen LogP) is 4.47. The number of piperidine rings is 1. The number of rotatable bonds is 8. The number of likely N-dealkylation sites (tertiary alicyclic amines) is 1. The van der Waals surface area contributed by atoms with Gasteiger partial charge in [0.1, 0.15) is 6.04 Å². The topological polar surface area (TPSA) is 98.4 Å². The summed E-state index contributed by atoms with van der Waals surface area (Å²) in [5.41, 5.74) is 2.96. The first-order valence-corrected chi connectivity index (χ1v) is 14.2. The number of nitrogens with one attached hydrogen (secondary N) is 2. The minimum absolute atomic E-state index is 0.0883. The van der Waals surface area contributed by atoms with Crippen molar-refractivity contribution in [1.82, 2.24) is 19.6 Å². The lowest BCUT2D eigenvalue weighted by Gasteiger charge is -2.34. The van der Waals surface area contributed by atoms with Crippen LogP contribution in [0.5, 0.6) is 0 Å². The molecule has 0 bridgehead atoms. The van der Waals surface area contributed by atoms with Gasteiger partial charge in [-0.15, -0.1) is 0 Å². The van der Waals surface area contributed by atoms with Gasteiger partial charge in [0, 0.05) is 27.2 Å². The number of aromatic nitrogens is 2. The molecule has 11 heteroatoms. The molecule has 1 amide bonds. The first-order valence-electron chi connectivity index (χ1n) is 12.0. The highest BCUT2D eigenvalue weighted by molar-refractivity contribution is 7.89. The third kappa shape index (κ3) is 5.80. The van der Waals surface area contributed by atoms with Crippen molar-refractivity contribution in [3.05, 3.63) is 52.3 Å². The van der Waals surface area contributed by atoms with Gasteiger partial charge < -0.3 is 14.8 Å². The van der Waals surface area contributed by atoms with Crippen LogP contribution in [0.2, 0.25) is 10.0 Å². The molecule has 3 aromatic rings. The molecule has 1 unspecified atom stereocenters. The van der Waals surface area contributed by atoms with Crippen LogP contribution in [0.25, 0.3) is 11.0 Å². The number of carbonyl (C=O) groups excluding carboxylic acids is 1. The molecule has 2 N–H and O–H groups in total. The SMILES string of the molecule is CCC1CCN(C(=O)C(Cc2ccc3nc[nH]c3c2)NS(=O)(=O)c2cc(Cl)c(N(C)C)c(Cl)c2)CC1. The first kappa shape index (κ1) is 26.7. The van der Waals surface area contributed by atoms with Crippen molar-refractivity contribution in [2.75, 3.05) is 32.1 Å². The van der Waals surface area contributed by atoms with E-state index in [4.69, 9.17) is 23.2 Å². The Kier molecular flexibility index (Phi) is 8.14. The van der Waals surface area contributed by atoms with E-state index < -0.39 is 16.1 Å². The number of imidazole rings is 1. The lowest BCUT2D eigenvalue weighted by Crippen LogP contribution is -2.51. The number of hydrogen-bond acceptors (Lipinski definition) is 5. The molecular weight excluding hydrogens is 521 g/mol. The Bertz CT molecular complexity index is 1330. The predicted molar refractivity (Wildman–Crippen MR) is 144 cm³/mol. The maximum atomic E-state index is 13.6. The summed E-state index contributed by atoms with van der Waals surface area (Å²) in [7, 11) is -0.562. The average molecular weight is 553 g/mol. The molecule has 1 saturated heterocycles. The van der Waals surface area contributed by atoms with Crippen LogP contribution < -0.4 is 9.62 Å². The van der Waals surface area contributed by atoms with Gasteiger partial charge in [-0.2, -0.15) is 4.72 Å². The summed E-state index contributed by atoms with van der Waals surface area (Å²) in [4.78, 5) is 24.3. The maximum absolute atomic E-state index is 13.6. The highest BCUT2D eigenvalue weighted by Gasteiger charge is 2.32. The normalized spacial score (nSPS) is 15.9. The number of hydrogen-bond donors (Lipinski definition) is 2. The zero-order valence-corrected chi connectivity index (χ0v) is 22.9. The van der Waals surface area contributed by atoms with E-state index >= 15 is 0 Å². The molecule has 1 fully saturated rings. The number of aromatic amines is 1. The van der Waals surface area contributed by atoms with E-state index in [1.165, 1.54) is 12.1 Å². The Morgan fingerprint density at radius 3 is 2.47 bits per heavy atom. The lowest BCUT2D eigenvalue weighted by atomic mass is 9.94. The smallest absolute Gasteiger partial charge is 0.241 e. The molecule has 0 aliphatic carbocycles. The second kappa shape index (κ2) is 11.0. The molecule has 0 spiro atoms. The summed E-state index contributed by atoms with van der Waals surface area (Å²) in [5, 5.41) is 0.421. The summed E-state index contributed by atoms with van der Waals surface area (Å²) in [6, 6.07) is 7.33. The van der Waals surface area contributed by atoms with Crippen molar-refractivity contribution in [2.45, 2.75) is 43.5 Å².